The Labute approximate surface area is 435 Å². The first-order valence-electron chi connectivity index (χ1n) is 25.6. The lowest BCUT2D eigenvalue weighted by molar-refractivity contribution is -0.152. The fourth-order valence-electron chi connectivity index (χ4n) is 10.4. The number of H-pyrrole nitrogens is 1. The number of nitrogens with one attached hydrogen (secondary N) is 3. The van der Waals surface area contributed by atoms with Crippen molar-refractivity contribution in [3.8, 4) is 0 Å². The number of allylic oxidation sites excluding steroid dienone is 1. The van der Waals surface area contributed by atoms with E-state index in [1.165, 1.54) is 23.5 Å². The van der Waals surface area contributed by atoms with Crippen molar-refractivity contribution in [2.24, 2.45) is 46.4 Å². The van der Waals surface area contributed by atoms with Gasteiger partial charge in [-0.25, -0.2) is 19.4 Å². The van der Waals surface area contributed by atoms with Gasteiger partial charge >= 0.3 is 17.9 Å². The van der Waals surface area contributed by atoms with Gasteiger partial charge in [0.25, 0.3) is 12.9 Å². The van der Waals surface area contributed by atoms with Gasteiger partial charge in [-0.2, -0.15) is 0 Å². The molecule has 3 aliphatic rings. The lowest BCUT2D eigenvalue weighted by Gasteiger charge is -2.37. The number of rotatable bonds is 26. The third-order valence-corrected chi connectivity index (χ3v) is 15.9. The number of nitrogens with zero attached hydrogens (tertiary/aromatic N) is 1. The second-order valence-corrected chi connectivity index (χ2v) is 23.5. The number of esters is 3. The highest BCUT2D eigenvalue weighted by molar-refractivity contribution is 8.00. The van der Waals surface area contributed by atoms with Crippen LogP contribution in [-0.4, -0.2) is 101 Å². The van der Waals surface area contributed by atoms with Crippen LogP contribution in [-0.2, 0) is 52.5 Å². The average molecular weight is 1040 g/mol. The number of hydrogen-bond donors (Lipinski definition) is 3. The van der Waals surface area contributed by atoms with Crippen molar-refractivity contribution < 1.29 is 57.2 Å². The van der Waals surface area contributed by atoms with E-state index in [0.29, 0.717) is 77.2 Å². The number of carbonyl (C=O) groups is 7. The van der Waals surface area contributed by atoms with Crippen LogP contribution in [0.15, 0.2) is 34.0 Å². The third kappa shape index (κ3) is 16.9. The highest BCUT2D eigenvalue weighted by atomic mass is 32.2. The number of carbonyl (C=O) groups excluding carboxylic acids is 7. The number of thioether (sulfide) groups is 2. The molecule has 0 aromatic carbocycles. The smallest absolute Gasteiger partial charge is 0.342 e. The van der Waals surface area contributed by atoms with Crippen molar-refractivity contribution in [1.82, 2.24) is 10.3 Å². The van der Waals surface area contributed by atoms with Gasteiger partial charge in [0.2, 0.25) is 11.8 Å². The second-order valence-electron chi connectivity index (χ2n) is 20.8. The van der Waals surface area contributed by atoms with Crippen LogP contribution in [0.25, 0.3) is 6.08 Å². The highest BCUT2D eigenvalue weighted by Crippen LogP contribution is 2.41. The lowest BCUT2D eigenvalue weighted by atomic mass is 9.75. The van der Waals surface area contributed by atoms with E-state index in [-0.39, 0.29) is 108 Å². The van der Waals surface area contributed by atoms with Crippen LogP contribution in [0.2, 0.25) is 0 Å². The summed E-state index contributed by atoms with van der Waals surface area (Å²) < 4.78 is 27.8. The Balaban J connectivity index is 1.76. The van der Waals surface area contributed by atoms with Crippen molar-refractivity contribution in [3.05, 3.63) is 45.8 Å². The maximum Gasteiger partial charge on any atom is 0.342 e. The first-order chi connectivity index (χ1) is 34.1. The SMILES string of the molecule is C=C(C)C(=O)OCCCSC(C)C(=O)NC1=N/C(=C\c2[nH]c(NC(=O)CCCCSC(COC=O)OC=O)c(C(=O)OC3C(C)CC(C)CC3C)c2C(C)C)C(C(C)C)=C1C(=O)OC1C(C)CC(C)CC1C. The largest absolute Gasteiger partial charge is 0.463 e. The quantitative estimate of drug-likeness (QED) is 0.0197. The number of hydrogen-bond acceptors (Lipinski definition) is 15. The van der Waals surface area contributed by atoms with Crippen molar-refractivity contribution in [2.45, 2.75) is 163 Å². The fraction of sp³-hybridized carbons (Fsp3) is 0.667. The van der Waals surface area contributed by atoms with Gasteiger partial charge in [0, 0.05) is 17.7 Å². The molecule has 0 bridgehead atoms. The standard InChI is InChI=1S/C54H80N4O12S2/c1-29(2)43-39(55-49(45(43)53(64)69-47-34(9)21-32(7)22-35(47)10)57-41(61)17-14-15-19-72-42(68-28-60)26-66-27-59)25-40-44(30(3)4)46(54(65)70-48-36(11)23-33(8)24-37(48)12)50(56-40)58-51(62)38(13)71-20-16-18-67-52(63)31(5)6/h25,27-30,32-38,42,47-48,55H,5,14-24,26H2,1-4,6-13H3,(H,57,61)(H,56,58,62)/b40-25-. The summed E-state index contributed by atoms with van der Waals surface area (Å²) in [5, 5.41) is 5.37. The van der Waals surface area contributed by atoms with Crippen LogP contribution in [0.4, 0.5) is 5.82 Å². The summed E-state index contributed by atoms with van der Waals surface area (Å²) in [5.74, 6) is -0.215. The Bertz CT molecular complexity index is 2180. The summed E-state index contributed by atoms with van der Waals surface area (Å²) in [6.45, 7) is 28.2. The lowest BCUT2D eigenvalue weighted by Crippen LogP contribution is -2.41. The molecule has 1 aliphatic heterocycles. The molecule has 0 saturated heterocycles. The number of aromatic nitrogens is 1. The van der Waals surface area contributed by atoms with E-state index in [9.17, 15) is 33.6 Å². The molecule has 6 atom stereocenters. The van der Waals surface area contributed by atoms with Gasteiger partial charge in [-0.3, -0.25) is 19.2 Å². The molecule has 2 saturated carbocycles. The van der Waals surface area contributed by atoms with Crippen molar-refractivity contribution >= 4 is 83.9 Å². The van der Waals surface area contributed by atoms with Crippen LogP contribution in [0.1, 0.15) is 162 Å². The topological polar surface area (TPSA) is 218 Å². The zero-order chi connectivity index (χ0) is 53.4. The molecule has 6 unspecified atom stereocenters. The molecule has 2 amide bonds. The molecule has 2 heterocycles. The number of amides is 2. The Morgan fingerprint density at radius 3 is 1.90 bits per heavy atom. The molecule has 16 nitrogen and oxygen atoms in total. The van der Waals surface area contributed by atoms with Gasteiger partial charge in [-0.1, -0.05) is 75.8 Å². The minimum absolute atomic E-state index is 0.0612. The van der Waals surface area contributed by atoms with E-state index in [2.05, 4.69) is 63.7 Å². The molecule has 18 heteroatoms. The van der Waals surface area contributed by atoms with E-state index in [1.807, 2.05) is 27.7 Å². The predicted octanol–water partition coefficient (Wildman–Crippen LogP) is 9.95. The number of unbranched alkanes of at least 4 members (excludes halogenated alkanes) is 1. The van der Waals surface area contributed by atoms with Gasteiger partial charge in [-0.15, -0.1) is 23.5 Å². The Morgan fingerprint density at radius 1 is 0.778 bits per heavy atom. The molecular weight excluding hydrogens is 961 g/mol. The Morgan fingerprint density at radius 2 is 1.36 bits per heavy atom. The highest BCUT2D eigenvalue weighted by Gasteiger charge is 2.40. The molecule has 4 rings (SSSR count). The first-order valence-corrected chi connectivity index (χ1v) is 27.7. The summed E-state index contributed by atoms with van der Waals surface area (Å²) in [7, 11) is 0. The molecule has 3 N–H and O–H groups in total. The van der Waals surface area contributed by atoms with Crippen LogP contribution in [0.3, 0.4) is 0 Å². The minimum Gasteiger partial charge on any atom is -0.463 e. The zero-order valence-corrected chi connectivity index (χ0v) is 46.1. The molecule has 1 aromatic rings. The monoisotopic (exact) mass is 1040 g/mol. The van der Waals surface area contributed by atoms with Gasteiger partial charge in [0.05, 0.1) is 17.6 Å². The number of anilines is 1. The van der Waals surface area contributed by atoms with Crippen molar-refractivity contribution in [1.29, 1.82) is 0 Å². The maximum absolute atomic E-state index is 14.7. The van der Waals surface area contributed by atoms with Crippen LogP contribution < -0.4 is 10.6 Å². The Kier molecular flexibility index (Phi) is 23.7. The minimum atomic E-state index is -0.670. The summed E-state index contributed by atoms with van der Waals surface area (Å²) in [4.78, 5) is 98.9. The van der Waals surface area contributed by atoms with E-state index in [1.54, 1.807) is 19.9 Å². The van der Waals surface area contributed by atoms with Crippen LogP contribution in [0, 0.1) is 41.4 Å². The van der Waals surface area contributed by atoms with Crippen molar-refractivity contribution in [2.75, 3.05) is 30.0 Å². The van der Waals surface area contributed by atoms with Crippen LogP contribution >= 0.6 is 23.5 Å². The molecule has 0 radical (unpaired) electrons. The fourth-order valence-corrected chi connectivity index (χ4v) is 12.2. The summed E-state index contributed by atoms with van der Waals surface area (Å²) >= 11 is 2.66. The maximum atomic E-state index is 14.7. The zero-order valence-electron chi connectivity index (χ0n) is 44.5. The van der Waals surface area contributed by atoms with E-state index >= 15 is 0 Å². The Hall–Kier alpha value is -4.84. The second kappa shape index (κ2) is 28.6. The van der Waals surface area contributed by atoms with E-state index in [0.717, 1.165) is 25.7 Å². The molecule has 2 aliphatic carbocycles. The van der Waals surface area contributed by atoms with E-state index < -0.39 is 28.6 Å². The van der Waals surface area contributed by atoms with Gasteiger partial charge in [0.1, 0.15) is 41.6 Å². The third-order valence-electron chi connectivity index (χ3n) is 13.5. The van der Waals surface area contributed by atoms with Gasteiger partial charge in [0.15, 0.2) is 5.44 Å². The average Bonchev–Trinajstić information content (AvgIpc) is 3.84. The molecule has 72 heavy (non-hydrogen) atoms. The van der Waals surface area contributed by atoms with Gasteiger partial charge < -0.3 is 39.3 Å². The van der Waals surface area contributed by atoms with E-state index in [4.69, 9.17) is 28.7 Å². The summed E-state index contributed by atoms with van der Waals surface area (Å²) in [6.07, 6.45) is 6.37. The first kappa shape index (κ1) is 59.7. The summed E-state index contributed by atoms with van der Waals surface area (Å²) in [5.41, 5.74) is 1.98. The molecule has 0 spiro atoms. The number of aromatic amines is 1. The van der Waals surface area contributed by atoms with Crippen LogP contribution in [0.5, 0.6) is 0 Å². The molecule has 400 valence electrons. The van der Waals surface area contributed by atoms with Gasteiger partial charge in [-0.05, 0) is 135 Å². The molecule has 1 aromatic heterocycles. The number of aliphatic imine (C=N–C) groups is 1. The summed E-state index contributed by atoms with van der Waals surface area (Å²) in [6, 6.07) is 0. The van der Waals surface area contributed by atoms with Crippen molar-refractivity contribution in [3.63, 3.8) is 0 Å². The normalized spacial score (nSPS) is 24.5. The molecular formula is C54H80N4O12S2. The predicted molar refractivity (Wildman–Crippen MR) is 283 cm³/mol. The number of ether oxygens (including phenoxy) is 5. The number of amidine groups is 1. The molecule has 2 fully saturated rings.